The van der Waals surface area contributed by atoms with Gasteiger partial charge in [-0.05, 0) is 30.7 Å². The van der Waals surface area contributed by atoms with Crippen molar-refractivity contribution >= 4 is 28.5 Å². The average Bonchev–Trinajstić information content (AvgIpc) is 2.89. The second-order valence-electron chi connectivity index (χ2n) is 5.49. The lowest BCUT2D eigenvalue weighted by atomic mass is 10.1. The first-order chi connectivity index (χ1) is 12.1. The Balaban J connectivity index is 2.27. The average molecular weight is 338 g/mol. The maximum Gasteiger partial charge on any atom is 0.355 e. The van der Waals surface area contributed by atoms with Crippen molar-refractivity contribution in [3.8, 4) is 0 Å². The highest BCUT2D eigenvalue weighted by atomic mass is 16.5. The van der Waals surface area contributed by atoms with Gasteiger partial charge in [0.05, 0.1) is 31.0 Å². The first-order valence-electron chi connectivity index (χ1n) is 7.70. The quantitative estimate of drug-likeness (QED) is 0.871. The standard InChI is InChI=1S/C19H18N2O4/c1-12-11-20-16-13(12)8-6-9-15(16)21-10-5-4-7-14(18(22)24-2)17(21)19(23)25-3/h4-11,20H,1-3H3. The molecule has 2 aromatic rings. The Morgan fingerprint density at radius 2 is 1.84 bits per heavy atom. The summed E-state index contributed by atoms with van der Waals surface area (Å²) in [5.74, 6) is -1.24. The van der Waals surface area contributed by atoms with E-state index in [0.29, 0.717) is 0 Å². The molecule has 0 atom stereocenters. The predicted molar refractivity (Wildman–Crippen MR) is 94.9 cm³/mol. The van der Waals surface area contributed by atoms with Gasteiger partial charge in [-0.15, -0.1) is 0 Å². The van der Waals surface area contributed by atoms with Crippen molar-refractivity contribution in [3.05, 3.63) is 65.7 Å². The van der Waals surface area contributed by atoms with Crippen LogP contribution in [0.2, 0.25) is 0 Å². The van der Waals surface area contributed by atoms with Crippen molar-refractivity contribution in [1.29, 1.82) is 0 Å². The number of rotatable bonds is 3. The normalized spacial score (nSPS) is 14.0. The Bertz CT molecular complexity index is 934. The van der Waals surface area contributed by atoms with Crippen molar-refractivity contribution in [1.82, 2.24) is 4.98 Å². The number of aromatic amines is 1. The summed E-state index contributed by atoms with van der Waals surface area (Å²) in [5, 5.41) is 1.03. The third-order valence-electron chi connectivity index (χ3n) is 4.05. The van der Waals surface area contributed by atoms with Crippen LogP contribution in [0.3, 0.4) is 0 Å². The highest BCUT2D eigenvalue weighted by Crippen LogP contribution is 2.33. The van der Waals surface area contributed by atoms with E-state index in [-0.39, 0.29) is 11.3 Å². The van der Waals surface area contributed by atoms with Gasteiger partial charge in [0.1, 0.15) is 5.70 Å². The molecule has 1 aliphatic heterocycles. The highest BCUT2D eigenvalue weighted by molar-refractivity contribution is 6.07. The number of esters is 2. The highest BCUT2D eigenvalue weighted by Gasteiger charge is 2.28. The number of allylic oxidation sites excluding steroid dienone is 2. The Labute approximate surface area is 145 Å². The number of carbonyl (C=O) groups is 2. The molecule has 0 unspecified atom stereocenters. The smallest absolute Gasteiger partial charge is 0.355 e. The van der Waals surface area contributed by atoms with Gasteiger partial charge in [0.15, 0.2) is 0 Å². The van der Waals surface area contributed by atoms with E-state index in [4.69, 9.17) is 9.47 Å². The number of benzene rings is 1. The second-order valence-corrected chi connectivity index (χ2v) is 5.49. The summed E-state index contributed by atoms with van der Waals surface area (Å²) in [4.78, 5) is 29.5. The van der Waals surface area contributed by atoms with Crippen LogP contribution in [-0.4, -0.2) is 31.1 Å². The fourth-order valence-corrected chi connectivity index (χ4v) is 2.83. The Hall–Kier alpha value is -3.28. The molecule has 0 bridgehead atoms. The molecule has 1 N–H and O–H groups in total. The van der Waals surface area contributed by atoms with Gasteiger partial charge in [-0.25, -0.2) is 9.59 Å². The van der Waals surface area contributed by atoms with E-state index in [1.54, 1.807) is 23.3 Å². The third kappa shape index (κ3) is 2.82. The molecule has 1 aliphatic rings. The minimum atomic E-state index is -0.628. The summed E-state index contributed by atoms with van der Waals surface area (Å²) in [6.07, 6.45) is 8.57. The van der Waals surface area contributed by atoms with E-state index in [1.807, 2.05) is 31.3 Å². The zero-order chi connectivity index (χ0) is 18.0. The Morgan fingerprint density at radius 1 is 1.08 bits per heavy atom. The number of nitrogens with one attached hydrogen (secondary N) is 1. The fourth-order valence-electron chi connectivity index (χ4n) is 2.83. The number of methoxy groups -OCH3 is 2. The number of anilines is 1. The molecule has 0 saturated carbocycles. The summed E-state index contributed by atoms with van der Waals surface area (Å²) < 4.78 is 9.74. The number of fused-ring (bicyclic) bond motifs is 1. The number of H-pyrrole nitrogens is 1. The number of para-hydroxylation sites is 1. The largest absolute Gasteiger partial charge is 0.465 e. The topological polar surface area (TPSA) is 71.6 Å². The molecule has 0 fully saturated rings. The van der Waals surface area contributed by atoms with Crippen LogP contribution in [0.5, 0.6) is 0 Å². The van der Waals surface area contributed by atoms with E-state index in [0.717, 1.165) is 22.2 Å². The maximum atomic E-state index is 12.5. The minimum absolute atomic E-state index is 0.0964. The summed E-state index contributed by atoms with van der Waals surface area (Å²) >= 11 is 0. The maximum absolute atomic E-state index is 12.5. The molecule has 0 amide bonds. The zero-order valence-electron chi connectivity index (χ0n) is 14.2. The van der Waals surface area contributed by atoms with Crippen LogP contribution < -0.4 is 4.90 Å². The Kier molecular flexibility index (Phi) is 4.43. The first kappa shape index (κ1) is 16.6. The first-order valence-corrected chi connectivity index (χ1v) is 7.70. The van der Waals surface area contributed by atoms with Crippen LogP contribution in [0.25, 0.3) is 10.9 Å². The lowest BCUT2D eigenvalue weighted by Crippen LogP contribution is -2.27. The van der Waals surface area contributed by atoms with Crippen molar-refractivity contribution in [2.24, 2.45) is 0 Å². The zero-order valence-corrected chi connectivity index (χ0v) is 14.2. The molecule has 0 radical (unpaired) electrons. The van der Waals surface area contributed by atoms with Crippen LogP contribution in [0, 0.1) is 6.92 Å². The SMILES string of the molecule is COC(=O)C1=C(C(=O)OC)N(c2cccc3c(C)c[nH]c23)C=CC=C1. The number of aryl methyl sites for hydroxylation is 1. The molecule has 3 rings (SSSR count). The molecular formula is C19H18N2O4. The summed E-state index contributed by atoms with van der Waals surface area (Å²) in [6, 6.07) is 5.76. The van der Waals surface area contributed by atoms with Gasteiger partial charge >= 0.3 is 11.9 Å². The Morgan fingerprint density at radius 3 is 2.56 bits per heavy atom. The van der Waals surface area contributed by atoms with E-state index < -0.39 is 11.9 Å². The van der Waals surface area contributed by atoms with Crippen LogP contribution in [0.4, 0.5) is 5.69 Å². The minimum Gasteiger partial charge on any atom is -0.465 e. The van der Waals surface area contributed by atoms with Gasteiger partial charge in [-0.2, -0.15) is 0 Å². The summed E-state index contributed by atoms with van der Waals surface area (Å²) in [6.45, 7) is 2.00. The molecule has 1 aromatic carbocycles. The lowest BCUT2D eigenvalue weighted by Gasteiger charge is -2.23. The number of carbonyl (C=O) groups excluding carboxylic acids is 2. The summed E-state index contributed by atoms with van der Waals surface area (Å²) in [5.41, 5.74) is 2.90. The monoisotopic (exact) mass is 338 g/mol. The van der Waals surface area contributed by atoms with Gasteiger partial charge < -0.3 is 19.4 Å². The summed E-state index contributed by atoms with van der Waals surface area (Å²) in [7, 11) is 2.55. The molecule has 25 heavy (non-hydrogen) atoms. The molecule has 1 aromatic heterocycles. The fraction of sp³-hybridized carbons (Fsp3) is 0.158. The van der Waals surface area contributed by atoms with Gasteiger partial charge in [-0.1, -0.05) is 18.2 Å². The van der Waals surface area contributed by atoms with E-state index in [2.05, 4.69) is 4.98 Å². The molecule has 6 heteroatoms. The number of hydrogen-bond donors (Lipinski definition) is 1. The van der Waals surface area contributed by atoms with E-state index in [9.17, 15) is 9.59 Å². The molecular weight excluding hydrogens is 320 g/mol. The predicted octanol–water partition coefficient (Wildman–Crippen LogP) is 2.97. The molecule has 0 spiro atoms. The van der Waals surface area contributed by atoms with Crippen LogP contribution in [0.1, 0.15) is 5.56 Å². The van der Waals surface area contributed by atoms with Gasteiger partial charge in [0.2, 0.25) is 0 Å². The van der Waals surface area contributed by atoms with Crippen LogP contribution >= 0.6 is 0 Å². The van der Waals surface area contributed by atoms with Crippen molar-refractivity contribution in [3.63, 3.8) is 0 Å². The molecule has 128 valence electrons. The van der Waals surface area contributed by atoms with Crippen molar-refractivity contribution in [2.45, 2.75) is 6.92 Å². The van der Waals surface area contributed by atoms with E-state index in [1.165, 1.54) is 20.3 Å². The van der Waals surface area contributed by atoms with Gasteiger partial charge in [-0.3, -0.25) is 0 Å². The number of ether oxygens (including phenoxy) is 2. The van der Waals surface area contributed by atoms with Crippen molar-refractivity contribution < 1.29 is 19.1 Å². The second kappa shape index (κ2) is 6.68. The number of nitrogens with zero attached hydrogens (tertiary/aromatic N) is 1. The number of aromatic nitrogens is 1. The van der Waals surface area contributed by atoms with E-state index >= 15 is 0 Å². The van der Waals surface area contributed by atoms with Crippen molar-refractivity contribution in [2.75, 3.05) is 19.1 Å². The van der Waals surface area contributed by atoms with Crippen LogP contribution in [0.15, 0.2) is 60.1 Å². The molecule has 0 aliphatic carbocycles. The lowest BCUT2D eigenvalue weighted by molar-refractivity contribution is -0.139. The van der Waals surface area contributed by atoms with Gasteiger partial charge in [0.25, 0.3) is 0 Å². The molecule has 2 heterocycles. The number of hydrogen-bond acceptors (Lipinski definition) is 5. The molecule has 6 nitrogen and oxygen atoms in total. The van der Waals surface area contributed by atoms with Gasteiger partial charge in [0, 0.05) is 17.8 Å². The molecule has 0 saturated heterocycles. The van der Waals surface area contributed by atoms with Crippen LogP contribution in [-0.2, 0) is 19.1 Å². The third-order valence-corrected chi connectivity index (χ3v) is 4.05.